The van der Waals surface area contributed by atoms with Gasteiger partial charge in [0.25, 0.3) is 6.02 Å². The lowest BCUT2D eigenvalue weighted by Crippen LogP contribution is -2.27. The lowest BCUT2D eigenvalue weighted by molar-refractivity contribution is 0.278. The number of halogens is 2. The topological polar surface area (TPSA) is 134 Å². The second-order valence-corrected chi connectivity index (χ2v) is 14.7. The van der Waals surface area contributed by atoms with Gasteiger partial charge in [-0.2, -0.15) is 16.8 Å². The molecular weight excluding hydrogens is 736 g/mol. The molecule has 0 spiro atoms. The second-order valence-electron chi connectivity index (χ2n) is 9.72. The van der Waals surface area contributed by atoms with Gasteiger partial charge in [-0.15, -0.1) is 0 Å². The molecule has 1 aliphatic heterocycles. The fourth-order valence-corrected chi connectivity index (χ4v) is 6.05. The first-order valence-corrected chi connectivity index (χ1v) is 18.0. The quantitative estimate of drug-likeness (QED) is 0.209. The molecule has 0 amide bonds. The first-order chi connectivity index (χ1) is 20.6. The van der Waals surface area contributed by atoms with Crippen LogP contribution in [0.2, 0.25) is 0 Å². The third-order valence-corrected chi connectivity index (χ3v) is 8.21. The Morgan fingerprint density at radius 2 is 1.30 bits per heavy atom. The normalized spacial score (nSPS) is 16.1. The van der Waals surface area contributed by atoms with Crippen LogP contribution in [0.1, 0.15) is 22.3 Å². The van der Waals surface area contributed by atoms with Crippen molar-refractivity contribution in [3.8, 4) is 11.5 Å². The Balaban J connectivity index is 0.000000204. The Kier molecular flexibility index (Phi) is 10.2. The molecule has 44 heavy (non-hydrogen) atoms. The molecule has 1 unspecified atom stereocenters. The van der Waals surface area contributed by atoms with Crippen LogP contribution in [-0.2, 0) is 30.5 Å². The maximum Gasteiger partial charge on any atom is 0.306 e. The van der Waals surface area contributed by atoms with Crippen LogP contribution in [0.15, 0.2) is 118 Å². The van der Waals surface area contributed by atoms with Crippen molar-refractivity contribution in [1.82, 2.24) is 0 Å². The number of benzene rings is 4. The first-order valence-electron chi connectivity index (χ1n) is 12.8. The summed E-state index contributed by atoms with van der Waals surface area (Å²) in [6.07, 6.45) is 2.01. The summed E-state index contributed by atoms with van der Waals surface area (Å²) in [5.74, 6) is 0.528. The van der Waals surface area contributed by atoms with E-state index in [1.165, 1.54) is 0 Å². The van der Waals surface area contributed by atoms with Crippen molar-refractivity contribution in [1.29, 1.82) is 0 Å². The molecule has 13 heteroatoms. The van der Waals surface area contributed by atoms with E-state index in [9.17, 15) is 16.8 Å². The molecule has 1 atom stereocenters. The van der Waals surface area contributed by atoms with Crippen LogP contribution in [-0.4, -0.2) is 42.0 Å². The summed E-state index contributed by atoms with van der Waals surface area (Å²) in [5.41, 5.74) is 9.46. The maximum atomic E-state index is 11.2. The molecule has 4 aromatic carbocycles. The average Bonchev–Trinajstić information content (AvgIpc) is 3.35. The molecule has 1 aliphatic rings. The van der Waals surface area contributed by atoms with Crippen LogP contribution in [0.25, 0.3) is 5.57 Å². The third-order valence-electron chi connectivity index (χ3n) is 6.24. The van der Waals surface area contributed by atoms with Crippen LogP contribution >= 0.6 is 31.9 Å². The minimum Gasteiger partial charge on any atom is -0.462 e. The number of hydrogen-bond acceptors (Lipinski definition) is 9. The standard InChI is InChI=1S/C16H15BrN2O4S.C15H13BrO3S/c1-24(20,21)23-14-7-5-11(6-8-14)16(10-22-15(18)19-16)12-3-2-4-13(17)9-12;1-11(13-4-3-5-14(16)10-13)12-6-8-15(9-7-12)19-20(2,17)18/h2-9H,10H2,1H3,(H2,18,19);3-10H,1H2,2H3. The van der Waals surface area contributed by atoms with Crippen LogP contribution in [0, 0.1) is 0 Å². The lowest BCUT2D eigenvalue weighted by Gasteiger charge is -2.25. The third kappa shape index (κ3) is 8.94. The van der Waals surface area contributed by atoms with Gasteiger partial charge in [-0.1, -0.05) is 87.0 Å². The second kappa shape index (κ2) is 13.6. The largest absolute Gasteiger partial charge is 0.462 e. The van der Waals surface area contributed by atoms with Gasteiger partial charge in [-0.3, -0.25) is 0 Å². The summed E-state index contributed by atoms with van der Waals surface area (Å²) in [4.78, 5) is 4.50. The highest BCUT2D eigenvalue weighted by molar-refractivity contribution is 9.10. The van der Waals surface area contributed by atoms with Gasteiger partial charge in [0.15, 0.2) is 5.54 Å². The van der Waals surface area contributed by atoms with Crippen molar-refractivity contribution in [2.24, 2.45) is 10.7 Å². The van der Waals surface area contributed by atoms with Gasteiger partial charge in [0.2, 0.25) is 0 Å². The Morgan fingerprint density at radius 3 is 1.77 bits per heavy atom. The minimum absolute atomic E-state index is 0.117. The molecule has 4 aromatic rings. The summed E-state index contributed by atoms with van der Waals surface area (Å²) < 4.78 is 61.5. The Labute approximate surface area is 273 Å². The van der Waals surface area contributed by atoms with Gasteiger partial charge in [0.1, 0.15) is 18.1 Å². The van der Waals surface area contributed by atoms with E-state index in [0.717, 1.165) is 49.3 Å². The van der Waals surface area contributed by atoms with Crippen molar-refractivity contribution >= 4 is 63.7 Å². The average molecular weight is 765 g/mol. The molecular formula is C31H28Br2N2O7S2. The van der Waals surface area contributed by atoms with Gasteiger partial charge in [0.05, 0.1) is 12.5 Å². The summed E-state index contributed by atoms with van der Waals surface area (Å²) in [5, 5.41) is 0. The summed E-state index contributed by atoms with van der Waals surface area (Å²) in [6.45, 7) is 4.33. The highest BCUT2D eigenvalue weighted by atomic mass is 79.9. The Morgan fingerprint density at radius 1 is 0.773 bits per heavy atom. The predicted molar refractivity (Wildman–Crippen MR) is 179 cm³/mol. The summed E-state index contributed by atoms with van der Waals surface area (Å²) >= 11 is 6.88. The smallest absolute Gasteiger partial charge is 0.306 e. The zero-order chi connectivity index (χ0) is 32.1. The molecule has 0 aliphatic carbocycles. The van der Waals surface area contributed by atoms with Crippen LogP contribution in [0.5, 0.6) is 11.5 Å². The molecule has 5 rings (SSSR count). The number of ether oxygens (including phenoxy) is 1. The Bertz CT molecular complexity index is 1910. The van der Waals surface area contributed by atoms with Crippen LogP contribution < -0.4 is 14.1 Å². The number of aliphatic imine (C=N–C) groups is 1. The predicted octanol–water partition coefficient (Wildman–Crippen LogP) is 6.23. The number of hydrogen-bond donors (Lipinski definition) is 1. The van der Waals surface area contributed by atoms with E-state index in [1.807, 2.05) is 48.5 Å². The molecule has 1 heterocycles. The van der Waals surface area contributed by atoms with Crippen LogP contribution in [0.4, 0.5) is 0 Å². The number of nitrogens with two attached hydrogens (primary N) is 1. The fraction of sp³-hybridized carbons (Fsp3) is 0.129. The zero-order valence-corrected chi connectivity index (χ0v) is 28.4. The minimum atomic E-state index is -3.57. The van der Waals surface area contributed by atoms with Crippen molar-refractivity contribution in [3.63, 3.8) is 0 Å². The van der Waals surface area contributed by atoms with E-state index in [4.69, 9.17) is 18.8 Å². The van der Waals surface area contributed by atoms with Crippen molar-refractivity contribution in [3.05, 3.63) is 135 Å². The van der Waals surface area contributed by atoms with E-state index < -0.39 is 25.8 Å². The molecule has 0 bridgehead atoms. The molecule has 230 valence electrons. The van der Waals surface area contributed by atoms with Crippen LogP contribution in [0.3, 0.4) is 0 Å². The number of rotatable bonds is 8. The molecule has 0 saturated carbocycles. The molecule has 9 nitrogen and oxygen atoms in total. The summed E-state index contributed by atoms with van der Waals surface area (Å²) in [7, 11) is -7.07. The molecule has 2 N–H and O–H groups in total. The van der Waals surface area contributed by atoms with E-state index in [2.05, 4.69) is 43.4 Å². The first kappa shape index (κ1) is 33.2. The van der Waals surface area contributed by atoms with E-state index in [0.29, 0.717) is 5.75 Å². The van der Waals surface area contributed by atoms with Gasteiger partial charge >= 0.3 is 20.2 Å². The van der Waals surface area contributed by atoms with Gasteiger partial charge in [-0.05, 0) is 76.4 Å². The SMILES string of the molecule is C=C(c1ccc(OS(C)(=O)=O)cc1)c1cccc(Br)c1.CS(=O)(=O)Oc1ccc(C2(c3cccc(Br)c3)COC(N)=N2)cc1. The van der Waals surface area contributed by atoms with Gasteiger partial charge < -0.3 is 18.8 Å². The van der Waals surface area contributed by atoms with Crippen molar-refractivity contribution < 1.29 is 29.9 Å². The molecule has 0 saturated heterocycles. The van der Waals surface area contributed by atoms with Crippen molar-refractivity contribution in [2.45, 2.75) is 5.54 Å². The monoisotopic (exact) mass is 762 g/mol. The maximum absolute atomic E-state index is 11.2. The van der Waals surface area contributed by atoms with Crippen molar-refractivity contribution in [2.75, 3.05) is 19.1 Å². The van der Waals surface area contributed by atoms with E-state index >= 15 is 0 Å². The summed E-state index contributed by atoms with van der Waals surface area (Å²) in [6, 6.07) is 29.1. The highest BCUT2D eigenvalue weighted by Crippen LogP contribution is 2.39. The molecule has 0 fully saturated rings. The van der Waals surface area contributed by atoms with Gasteiger partial charge in [0, 0.05) is 8.95 Å². The van der Waals surface area contributed by atoms with E-state index in [1.54, 1.807) is 48.5 Å². The number of amidine groups is 1. The number of nitrogens with zero attached hydrogens (tertiary/aromatic N) is 1. The lowest BCUT2D eigenvalue weighted by atomic mass is 9.84. The fourth-order valence-electron chi connectivity index (χ4n) is 4.33. The van der Waals surface area contributed by atoms with Gasteiger partial charge in [-0.25, -0.2) is 4.99 Å². The highest BCUT2D eigenvalue weighted by Gasteiger charge is 2.40. The zero-order valence-electron chi connectivity index (χ0n) is 23.6. The van der Waals surface area contributed by atoms with E-state index in [-0.39, 0.29) is 18.4 Å². The Hall–Kier alpha value is -3.65. The molecule has 0 radical (unpaired) electrons. The molecule has 0 aromatic heterocycles.